The molecule has 2 aromatic rings. The van der Waals surface area contributed by atoms with E-state index in [1.54, 1.807) is 0 Å². The number of urea groups is 1. The van der Waals surface area contributed by atoms with Gasteiger partial charge in [0.05, 0.1) is 6.61 Å². The van der Waals surface area contributed by atoms with E-state index in [2.05, 4.69) is 42.7 Å². The molecule has 0 saturated heterocycles. The summed E-state index contributed by atoms with van der Waals surface area (Å²) in [6, 6.07) is 13.8. The molecule has 2 rings (SSSR count). The fourth-order valence-corrected chi connectivity index (χ4v) is 2.66. The van der Waals surface area contributed by atoms with E-state index < -0.39 is 0 Å². The number of aliphatic hydroxyl groups is 1. The van der Waals surface area contributed by atoms with Crippen molar-refractivity contribution in [3.63, 3.8) is 0 Å². The van der Waals surface area contributed by atoms with Crippen molar-refractivity contribution in [3.8, 4) is 0 Å². The molecule has 0 aliphatic rings. The first-order valence-corrected chi connectivity index (χ1v) is 7.85. The summed E-state index contributed by atoms with van der Waals surface area (Å²) in [5.41, 5.74) is 5.48. The number of hydrogen-bond donors (Lipinski definition) is 3. The van der Waals surface area contributed by atoms with Gasteiger partial charge in [-0.2, -0.15) is 0 Å². The van der Waals surface area contributed by atoms with Crippen LogP contribution in [0.15, 0.2) is 42.5 Å². The topological polar surface area (TPSA) is 61.4 Å². The van der Waals surface area contributed by atoms with Gasteiger partial charge in [-0.25, -0.2) is 4.79 Å². The standard InChI is InChI=1S/C19H24N2O2/c1-14-9-15(2)11-16(10-14)7-8-20-19(23)21-12-17-5-3-4-6-18(17)13-22/h3-6,9-11,22H,7-8,12-13H2,1-2H3,(H2,20,21,23). The van der Waals surface area contributed by atoms with Crippen LogP contribution in [0.2, 0.25) is 0 Å². The van der Waals surface area contributed by atoms with Crippen molar-refractivity contribution in [2.45, 2.75) is 33.4 Å². The van der Waals surface area contributed by atoms with Crippen LogP contribution in [0.3, 0.4) is 0 Å². The van der Waals surface area contributed by atoms with Gasteiger partial charge in [-0.15, -0.1) is 0 Å². The van der Waals surface area contributed by atoms with Crippen LogP contribution in [0.5, 0.6) is 0 Å². The maximum Gasteiger partial charge on any atom is 0.315 e. The van der Waals surface area contributed by atoms with E-state index in [4.69, 9.17) is 0 Å². The number of amides is 2. The molecular formula is C19H24N2O2. The average Bonchev–Trinajstić information content (AvgIpc) is 2.52. The molecule has 0 aliphatic heterocycles. The molecule has 4 heteroatoms. The molecule has 4 nitrogen and oxygen atoms in total. The van der Waals surface area contributed by atoms with Gasteiger partial charge in [0.1, 0.15) is 0 Å². The first kappa shape index (κ1) is 17.0. The summed E-state index contributed by atoms with van der Waals surface area (Å²) in [6.45, 7) is 5.14. The normalized spacial score (nSPS) is 10.4. The molecule has 0 atom stereocenters. The summed E-state index contributed by atoms with van der Waals surface area (Å²) >= 11 is 0. The Morgan fingerprint density at radius 2 is 1.65 bits per heavy atom. The third-order valence-corrected chi connectivity index (χ3v) is 3.71. The van der Waals surface area contributed by atoms with Gasteiger partial charge in [0.2, 0.25) is 0 Å². The summed E-state index contributed by atoms with van der Waals surface area (Å²) in [7, 11) is 0. The number of carbonyl (C=O) groups is 1. The molecule has 0 radical (unpaired) electrons. The van der Waals surface area contributed by atoms with E-state index in [0.29, 0.717) is 13.1 Å². The summed E-state index contributed by atoms with van der Waals surface area (Å²) in [4.78, 5) is 11.9. The molecule has 122 valence electrons. The third kappa shape index (κ3) is 5.42. The second kappa shape index (κ2) is 8.34. The largest absolute Gasteiger partial charge is 0.392 e. The zero-order valence-electron chi connectivity index (χ0n) is 13.7. The molecule has 0 spiro atoms. The fourth-order valence-electron chi connectivity index (χ4n) is 2.66. The lowest BCUT2D eigenvalue weighted by atomic mass is 10.1. The number of benzene rings is 2. The Kier molecular flexibility index (Phi) is 6.18. The van der Waals surface area contributed by atoms with Gasteiger partial charge in [-0.05, 0) is 37.0 Å². The highest BCUT2D eigenvalue weighted by Gasteiger charge is 2.04. The van der Waals surface area contributed by atoms with E-state index in [1.807, 2.05) is 24.3 Å². The number of carbonyl (C=O) groups excluding carboxylic acids is 1. The zero-order chi connectivity index (χ0) is 16.7. The second-order valence-corrected chi connectivity index (χ2v) is 5.78. The highest BCUT2D eigenvalue weighted by molar-refractivity contribution is 5.73. The van der Waals surface area contributed by atoms with Crippen molar-refractivity contribution in [2.24, 2.45) is 0 Å². The molecule has 3 N–H and O–H groups in total. The van der Waals surface area contributed by atoms with E-state index in [1.165, 1.54) is 16.7 Å². The van der Waals surface area contributed by atoms with Crippen LogP contribution in [-0.4, -0.2) is 17.7 Å². The van der Waals surface area contributed by atoms with Gasteiger partial charge >= 0.3 is 6.03 Å². The molecule has 0 aromatic heterocycles. The summed E-state index contributed by atoms with van der Waals surface area (Å²) in [5, 5.41) is 15.0. The van der Waals surface area contributed by atoms with Crippen LogP contribution in [0.1, 0.15) is 27.8 Å². The van der Waals surface area contributed by atoms with Crippen molar-refractivity contribution in [2.75, 3.05) is 6.54 Å². The average molecular weight is 312 g/mol. The smallest absolute Gasteiger partial charge is 0.315 e. The Labute approximate surface area is 137 Å². The Hall–Kier alpha value is -2.33. The maximum atomic E-state index is 11.9. The van der Waals surface area contributed by atoms with Crippen molar-refractivity contribution in [3.05, 3.63) is 70.3 Å². The lowest BCUT2D eigenvalue weighted by Gasteiger charge is -2.10. The summed E-state index contributed by atoms with van der Waals surface area (Å²) < 4.78 is 0. The van der Waals surface area contributed by atoms with Gasteiger partial charge < -0.3 is 15.7 Å². The predicted octanol–water partition coefficient (Wildman–Crippen LogP) is 2.84. The van der Waals surface area contributed by atoms with E-state index in [-0.39, 0.29) is 12.6 Å². The first-order chi connectivity index (χ1) is 11.1. The Balaban J connectivity index is 1.77. The lowest BCUT2D eigenvalue weighted by molar-refractivity contribution is 0.240. The number of aliphatic hydroxyl groups excluding tert-OH is 1. The fraction of sp³-hybridized carbons (Fsp3) is 0.316. The van der Waals surface area contributed by atoms with Crippen LogP contribution in [0.25, 0.3) is 0 Å². The maximum absolute atomic E-state index is 11.9. The highest BCUT2D eigenvalue weighted by Crippen LogP contribution is 2.09. The molecule has 0 heterocycles. The van der Waals surface area contributed by atoms with E-state index in [9.17, 15) is 9.90 Å². The van der Waals surface area contributed by atoms with Crippen LogP contribution < -0.4 is 10.6 Å². The first-order valence-electron chi connectivity index (χ1n) is 7.85. The number of rotatable bonds is 6. The van der Waals surface area contributed by atoms with Crippen LogP contribution >= 0.6 is 0 Å². The van der Waals surface area contributed by atoms with Gasteiger partial charge in [-0.1, -0.05) is 53.6 Å². The zero-order valence-corrected chi connectivity index (χ0v) is 13.7. The summed E-state index contributed by atoms with van der Waals surface area (Å²) in [6.07, 6.45) is 0.809. The van der Waals surface area contributed by atoms with E-state index >= 15 is 0 Å². The van der Waals surface area contributed by atoms with E-state index in [0.717, 1.165) is 17.5 Å². The molecular weight excluding hydrogens is 288 g/mol. The second-order valence-electron chi connectivity index (χ2n) is 5.78. The Morgan fingerprint density at radius 3 is 2.30 bits per heavy atom. The highest BCUT2D eigenvalue weighted by atomic mass is 16.3. The van der Waals surface area contributed by atoms with Crippen molar-refractivity contribution < 1.29 is 9.90 Å². The number of hydrogen-bond acceptors (Lipinski definition) is 2. The minimum Gasteiger partial charge on any atom is -0.392 e. The molecule has 0 bridgehead atoms. The minimum absolute atomic E-state index is 0.0216. The summed E-state index contributed by atoms with van der Waals surface area (Å²) in [5.74, 6) is 0. The predicted molar refractivity (Wildman–Crippen MR) is 92.2 cm³/mol. The van der Waals surface area contributed by atoms with Crippen molar-refractivity contribution in [1.82, 2.24) is 10.6 Å². The van der Waals surface area contributed by atoms with Gasteiger partial charge in [-0.3, -0.25) is 0 Å². The van der Waals surface area contributed by atoms with Crippen molar-refractivity contribution in [1.29, 1.82) is 0 Å². The quantitative estimate of drug-likeness (QED) is 0.768. The van der Waals surface area contributed by atoms with Crippen LogP contribution in [0.4, 0.5) is 4.79 Å². The van der Waals surface area contributed by atoms with Crippen LogP contribution in [0, 0.1) is 13.8 Å². The molecule has 0 fully saturated rings. The SMILES string of the molecule is Cc1cc(C)cc(CCNC(=O)NCc2ccccc2CO)c1. The van der Waals surface area contributed by atoms with Gasteiger partial charge in [0.15, 0.2) is 0 Å². The van der Waals surface area contributed by atoms with Gasteiger partial charge in [0.25, 0.3) is 0 Å². The molecule has 2 aromatic carbocycles. The molecule has 2 amide bonds. The lowest BCUT2D eigenvalue weighted by Crippen LogP contribution is -2.36. The molecule has 0 aliphatic carbocycles. The molecule has 23 heavy (non-hydrogen) atoms. The number of nitrogens with one attached hydrogen (secondary N) is 2. The molecule has 0 unspecified atom stereocenters. The Bertz CT molecular complexity index is 648. The van der Waals surface area contributed by atoms with Gasteiger partial charge in [0, 0.05) is 13.1 Å². The Morgan fingerprint density at radius 1 is 1.00 bits per heavy atom. The van der Waals surface area contributed by atoms with Crippen molar-refractivity contribution >= 4 is 6.03 Å². The minimum atomic E-state index is -0.192. The monoisotopic (exact) mass is 312 g/mol. The van der Waals surface area contributed by atoms with Crippen LogP contribution in [-0.2, 0) is 19.6 Å². The molecule has 0 saturated carbocycles. The third-order valence-electron chi connectivity index (χ3n) is 3.71. The number of aryl methyl sites for hydroxylation is 2.